The Bertz CT molecular complexity index is 310. The van der Waals surface area contributed by atoms with Gasteiger partial charge in [-0.25, -0.2) is 0 Å². The van der Waals surface area contributed by atoms with Crippen molar-refractivity contribution in [3.8, 4) is 0 Å². The van der Waals surface area contributed by atoms with E-state index in [0.717, 1.165) is 19.0 Å². The van der Waals surface area contributed by atoms with Crippen molar-refractivity contribution in [3.63, 3.8) is 0 Å². The van der Waals surface area contributed by atoms with E-state index in [4.69, 9.17) is 5.73 Å². The van der Waals surface area contributed by atoms with Gasteiger partial charge in [0.25, 0.3) is 0 Å². The van der Waals surface area contributed by atoms with Crippen molar-refractivity contribution < 1.29 is 0 Å². The lowest BCUT2D eigenvalue weighted by Crippen LogP contribution is -2.29. The molecule has 2 nitrogen and oxygen atoms in total. The Kier molecular flexibility index (Phi) is 3.97. The van der Waals surface area contributed by atoms with Gasteiger partial charge >= 0.3 is 0 Å². The van der Waals surface area contributed by atoms with Gasteiger partial charge in [0, 0.05) is 13.1 Å². The average Bonchev–Trinajstić information content (AvgIpc) is 2.78. The fraction of sp³-hybridized carbons (Fsp3) is 0.571. The maximum atomic E-state index is 5.67. The quantitative estimate of drug-likeness (QED) is 0.838. The third kappa shape index (κ3) is 2.83. The molecule has 2 N–H and O–H groups in total. The van der Waals surface area contributed by atoms with Crippen LogP contribution in [0, 0.1) is 5.92 Å². The molecule has 1 fully saturated rings. The molecule has 1 aromatic rings. The summed E-state index contributed by atoms with van der Waals surface area (Å²) in [7, 11) is 0. The second kappa shape index (κ2) is 5.46. The maximum Gasteiger partial charge on any atom is 0.00509 e. The molecule has 1 saturated heterocycles. The Morgan fingerprint density at radius 2 is 2.12 bits per heavy atom. The van der Waals surface area contributed by atoms with Crippen molar-refractivity contribution in [1.29, 1.82) is 0 Å². The van der Waals surface area contributed by atoms with Gasteiger partial charge in [-0.15, -0.1) is 0 Å². The van der Waals surface area contributed by atoms with E-state index in [0.29, 0.717) is 5.92 Å². The van der Waals surface area contributed by atoms with E-state index in [1.165, 1.54) is 25.1 Å². The van der Waals surface area contributed by atoms with Gasteiger partial charge in [-0.05, 0) is 36.9 Å². The monoisotopic (exact) mass is 218 g/mol. The average molecular weight is 218 g/mol. The Labute approximate surface area is 98.4 Å². The lowest BCUT2D eigenvalue weighted by molar-refractivity contribution is 0.288. The van der Waals surface area contributed by atoms with Crippen LogP contribution in [0.2, 0.25) is 0 Å². The zero-order valence-corrected chi connectivity index (χ0v) is 10.1. The first-order valence-electron chi connectivity index (χ1n) is 6.27. The van der Waals surface area contributed by atoms with Crippen molar-refractivity contribution >= 4 is 0 Å². The highest BCUT2D eigenvalue weighted by atomic mass is 15.1. The van der Waals surface area contributed by atoms with E-state index >= 15 is 0 Å². The van der Waals surface area contributed by atoms with Crippen LogP contribution < -0.4 is 5.73 Å². The second-order valence-electron chi connectivity index (χ2n) is 5.00. The molecule has 88 valence electrons. The van der Waals surface area contributed by atoms with Crippen molar-refractivity contribution in [2.75, 3.05) is 26.2 Å². The summed E-state index contributed by atoms with van der Waals surface area (Å²) < 4.78 is 0. The van der Waals surface area contributed by atoms with Crippen LogP contribution in [0.4, 0.5) is 0 Å². The largest absolute Gasteiger partial charge is 0.330 e. The fourth-order valence-corrected chi connectivity index (χ4v) is 2.51. The Balaban J connectivity index is 1.89. The fourth-order valence-electron chi connectivity index (χ4n) is 2.51. The SMILES string of the molecule is CC(CN)CN1CCC(c2ccccc2)C1. The summed E-state index contributed by atoms with van der Waals surface area (Å²) in [5.41, 5.74) is 7.16. The van der Waals surface area contributed by atoms with E-state index < -0.39 is 0 Å². The van der Waals surface area contributed by atoms with Crippen molar-refractivity contribution in [3.05, 3.63) is 35.9 Å². The normalized spacial score (nSPS) is 23.5. The Morgan fingerprint density at radius 1 is 1.38 bits per heavy atom. The van der Waals surface area contributed by atoms with Gasteiger partial charge in [-0.1, -0.05) is 37.3 Å². The highest BCUT2D eigenvalue weighted by molar-refractivity contribution is 5.20. The molecule has 0 amide bonds. The predicted octanol–water partition coefficient (Wildman–Crippen LogP) is 2.07. The topological polar surface area (TPSA) is 29.3 Å². The number of likely N-dealkylation sites (tertiary alicyclic amines) is 1. The van der Waals surface area contributed by atoms with Crippen molar-refractivity contribution in [1.82, 2.24) is 4.90 Å². The Morgan fingerprint density at radius 3 is 2.81 bits per heavy atom. The molecule has 1 aliphatic rings. The molecular weight excluding hydrogens is 196 g/mol. The molecule has 1 aromatic carbocycles. The van der Waals surface area contributed by atoms with Gasteiger partial charge in [0.05, 0.1) is 0 Å². The van der Waals surface area contributed by atoms with E-state index in [2.05, 4.69) is 42.2 Å². The van der Waals surface area contributed by atoms with E-state index in [1.54, 1.807) is 0 Å². The van der Waals surface area contributed by atoms with Crippen LogP contribution in [0.15, 0.2) is 30.3 Å². The minimum absolute atomic E-state index is 0.620. The third-order valence-electron chi connectivity index (χ3n) is 3.52. The summed E-state index contributed by atoms with van der Waals surface area (Å²) in [6, 6.07) is 10.9. The number of nitrogens with two attached hydrogens (primary N) is 1. The summed E-state index contributed by atoms with van der Waals surface area (Å²) in [4.78, 5) is 2.55. The van der Waals surface area contributed by atoms with Gasteiger partial charge in [-0.3, -0.25) is 0 Å². The van der Waals surface area contributed by atoms with Gasteiger partial charge < -0.3 is 10.6 Å². The molecule has 2 atom stereocenters. The van der Waals surface area contributed by atoms with Crippen LogP contribution in [-0.4, -0.2) is 31.1 Å². The van der Waals surface area contributed by atoms with Gasteiger partial charge in [-0.2, -0.15) is 0 Å². The number of nitrogens with zero attached hydrogens (tertiary/aromatic N) is 1. The lowest BCUT2D eigenvalue weighted by Gasteiger charge is -2.19. The molecule has 2 rings (SSSR count). The predicted molar refractivity (Wildman–Crippen MR) is 68.5 cm³/mol. The van der Waals surface area contributed by atoms with Gasteiger partial charge in [0.2, 0.25) is 0 Å². The standard InChI is InChI=1S/C14H22N2/c1-12(9-15)10-16-8-7-14(11-16)13-5-3-2-4-6-13/h2-6,12,14H,7-11,15H2,1H3. The minimum atomic E-state index is 0.620. The maximum absolute atomic E-state index is 5.67. The number of hydrogen-bond donors (Lipinski definition) is 1. The second-order valence-corrected chi connectivity index (χ2v) is 5.00. The van der Waals surface area contributed by atoms with Crippen molar-refractivity contribution in [2.24, 2.45) is 11.7 Å². The summed E-state index contributed by atoms with van der Waals surface area (Å²) in [6.45, 7) is 6.61. The first-order valence-corrected chi connectivity index (χ1v) is 6.27. The van der Waals surface area contributed by atoms with Crippen LogP contribution in [0.3, 0.4) is 0 Å². The molecule has 0 spiro atoms. The molecule has 1 aliphatic heterocycles. The first-order chi connectivity index (χ1) is 7.79. The van der Waals surface area contributed by atoms with Crippen LogP contribution in [-0.2, 0) is 0 Å². The lowest BCUT2D eigenvalue weighted by atomic mass is 9.99. The van der Waals surface area contributed by atoms with Gasteiger partial charge in [0.1, 0.15) is 0 Å². The molecule has 0 saturated carbocycles. The van der Waals surface area contributed by atoms with Crippen molar-refractivity contribution in [2.45, 2.75) is 19.3 Å². The van der Waals surface area contributed by atoms with Crippen LogP contribution >= 0.6 is 0 Å². The number of benzene rings is 1. The molecule has 0 aliphatic carbocycles. The van der Waals surface area contributed by atoms with E-state index in [1.807, 2.05) is 0 Å². The van der Waals surface area contributed by atoms with E-state index in [9.17, 15) is 0 Å². The molecule has 0 aromatic heterocycles. The summed E-state index contributed by atoms with van der Waals surface area (Å²) in [5, 5.41) is 0. The van der Waals surface area contributed by atoms with E-state index in [-0.39, 0.29) is 0 Å². The summed E-state index contributed by atoms with van der Waals surface area (Å²) in [6.07, 6.45) is 1.29. The highest BCUT2D eigenvalue weighted by Gasteiger charge is 2.24. The molecule has 1 heterocycles. The summed E-state index contributed by atoms with van der Waals surface area (Å²) in [5.74, 6) is 1.35. The molecule has 2 unspecified atom stereocenters. The summed E-state index contributed by atoms with van der Waals surface area (Å²) >= 11 is 0. The Hall–Kier alpha value is -0.860. The first kappa shape index (κ1) is 11.6. The number of hydrogen-bond acceptors (Lipinski definition) is 2. The van der Waals surface area contributed by atoms with Crippen LogP contribution in [0.25, 0.3) is 0 Å². The zero-order chi connectivity index (χ0) is 11.4. The molecule has 16 heavy (non-hydrogen) atoms. The van der Waals surface area contributed by atoms with Crippen LogP contribution in [0.5, 0.6) is 0 Å². The highest BCUT2D eigenvalue weighted by Crippen LogP contribution is 2.27. The molecule has 0 radical (unpaired) electrons. The zero-order valence-electron chi connectivity index (χ0n) is 10.1. The number of rotatable bonds is 4. The molecular formula is C14H22N2. The molecule has 0 bridgehead atoms. The molecule has 2 heteroatoms. The minimum Gasteiger partial charge on any atom is -0.330 e. The smallest absolute Gasteiger partial charge is 0.00509 e. The van der Waals surface area contributed by atoms with Crippen LogP contribution in [0.1, 0.15) is 24.8 Å². The third-order valence-corrected chi connectivity index (χ3v) is 3.52. The van der Waals surface area contributed by atoms with Gasteiger partial charge in [0.15, 0.2) is 0 Å².